The van der Waals surface area contributed by atoms with Crippen molar-refractivity contribution in [3.8, 4) is 6.07 Å². The number of piperidine rings is 1. The van der Waals surface area contributed by atoms with Gasteiger partial charge in [0.05, 0.1) is 23.7 Å². The number of amides is 2. The normalized spacial score (nSPS) is 20.5. The molecule has 3 heterocycles. The predicted molar refractivity (Wildman–Crippen MR) is 135 cm³/mol. The second-order valence-electron chi connectivity index (χ2n) is 10.1. The van der Waals surface area contributed by atoms with Crippen LogP contribution in [0.25, 0.3) is 5.57 Å². The summed E-state index contributed by atoms with van der Waals surface area (Å²) < 4.78 is 0. The summed E-state index contributed by atoms with van der Waals surface area (Å²) in [5, 5.41) is 12.8. The van der Waals surface area contributed by atoms with Crippen molar-refractivity contribution < 1.29 is 14.4 Å². The van der Waals surface area contributed by atoms with E-state index >= 15 is 0 Å². The third-order valence-electron chi connectivity index (χ3n) is 7.45. The summed E-state index contributed by atoms with van der Waals surface area (Å²) in [5.41, 5.74) is 1.85. The smallest absolute Gasteiger partial charge is 0.245 e. The second-order valence-corrected chi connectivity index (χ2v) is 10.1. The number of nitriles is 1. The molecule has 2 saturated heterocycles. The summed E-state index contributed by atoms with van der Waals surface area (Å²) in [6.07, 6.45) is 8.60. The fraction of sp³-hybridized carbons (Fsp3) is 0.556. The zero-order valence-electron chi connectivity index (χ0n) is 21.1. The van der Waals surface area contributed by atoms with Crippen LogP contribution in [0.5, 0.6) is 0 Å². The number of aromatic nitrogens is 2. The van der Waals surface area contributed by atoms with Gasteiger partial charge in [-0.25, -0.2) is 4.98 Å². The molecule has 3 aliphatic rings. The molecule has 190 valence electrons. The van der Waals surface area contributed by atoms with Crippen LogP contribution < -0.4 is 5.32 Å². The molecule has 4 rings (SSSR count). The van der Waals surface area contributed by atoms with Crippen LogP contribution in [0.3, 0.4) is 0 Å². The highest BCUT2D eigenvalue weighted by atomic mass is 16.2. The maximum absolute atomic E-state index is 13.4. The number of allylic oxidation sites excluding steroid dienone is 2. The number of carbonyl (C=O) groups excluding carboxylic acids is 3. The molecule has 2 atom stereocenters. The van der Waals surface area contributed by atoms with Gasteiger partial charge in [0.15, 0.2) is 5.78 Å². The van der Waals surface area contributed by atoms with Crippen molar-refractivity contribution in [2.45, 2.75) is 64.5 Å². The highest BCUT2D eigenvalue weighted by molar-refractivity contribution is 6.22. The van der Waals surface area contributed by atoms with Crippen molar-refractivity contribution in [3.63, 3.8) is 0 Å². The lowest BCUT2D eigenvalue weighted by Gasteiger charge is -2.32. The van der Waals surface area contributed by atoms with Crippen LogP contribution in [0.1, 0.15) is 57.3 Å². The van der Waals surface area contributed by atoms with E-state index in [0.29, 0.717) is 49.6 Å². The van der Waals surface area contributed by atoms with Gasteiger partial charge in [0, 0.05) is 50.0 Å². The van der Waals surface area contributed by atoms with Crippen LogP contribution in [0.2, 0.25) is 0 Å². The predicted octanol–water partition coefficient (Wildman–Crippen LogP) is 2.75. The maximum Gasteiger partial charge on any atom is 0.245 e. The van der Waals surface area contributed by atoms with E-state index in [1.165, 1.54) is 6.08 Å². The molecule has 9 nitrogen and oxygen atoms in total. The Labute approximate surface area is 212 Å². The van der Waals surface area contributed by atoms with E-state index in [-0.39, 0.29) is 36.0 Å². The van der Waals surface area contributed by atoms with Gasteiger partial charge in [-0.05, 0) is 37.7 Å². The number of fused-ring (bicyclic) bond motifs is 1. The molecule has 0 saturated carbocycles. The number of ketones is 1. The van der Waals surface area contributed by atoms with Gasteiger partial charge >= 0.3 is 0 Å². The number of anilines is 1. The molecule has 0 bridgehead atoms. The molecule has 1 aliphatic carbocycles. The first kappa shape index (κ1) is 25.5. The van der Waals surface area contributed by atoms with E-state index in [0.717, 1.165) is 25.0 Å². The molecule has 1 N–H and O–H groups in total. The van der Waals surface area contributed by atoms with Crippen LogP contribution in [-0.2, 0) is 20.8 Å². The molecule has 1 aromatic rings. The number of hydrogen-bond donors (Lipinski definition) is 1. The van der Waals surface area contributed by atoms with Crippen molar-refractivity contribution in [1.29, 1.82) is 5.26 Å². The van der Waals surface area contributed by atoms with Gasteiger partial charge in [-0.3, -0.25) is 19.4 Å². The number of rotatable bonds is 8. The number of nitrogens with zero attached hydrogens (tertiary/aromatic N) is 5. The van der Waals surface area contributed by atoms with Crippen LogP contribution in [0.15, 0.2) is 24.9 Å². The zero-order valence-corrected chi connectivity index (χ0v) is 21.1. The van der Waals surface area contributed by atoms with E-state index in [1.54, 1.807) is 16.0 Å². The highest BCUT2D eigenvalue weighted by Gasteiger charge is 2.37. The van der Waals surface area contributed by atoms with Crippen molar-refractivity contribution in [2.75, 3.05) is 25.0 Å². The summed E-state index contributed by atoms with van der Waals surface area (Å²) >= 11 is 0. The maximum atomic E-state index is 13.4. The Morgan fingerprint density at radius 2 is 2.00 bits per heavy atom. The Bertz CT molecular complexity index is 1110. The second kappa shape index (κ2) is 11.0. The van der Waals surface area contributed by atoms with Gasteiger partial charge in [0.1, 0.15) is 11.9 Å². The van der Waals surface area contributed by atoms with Crippen LogP contribution in [0, 0.1) is 23.2 Å². The summed E-state index contributed by atoms with van der Waals surface area (Å²) in [6.45, 7) is 9.31. The Morgan fingerprint density at radius 1 is 1.25 bits per heavy atom. The third kappa shape index (κ3) is 5.32. The molecule has 36 heavy (non-hydrogen) atoms. The van der Waals surface area contributed by atoms with Crippen LogP contribution in [-0.4, -0.2) is 69.1 Å². The molecule has 1 unspecified atom stereocenters. The lowest BCUT2D eigenvalue weighted by Crippen LogP contribution is -2.41. The van der Waals surface area contributed by atoms with Gasteiger partial charge in [-0.15, -0.1) is 0 Å². The zero-order chi connectivity index (χ0) is 25.8. The van der Waals surface area contributed by atoms with Gasteiger partial charge in [0.25, 0.3) is 0 Å². The van der Waals surface area contributed by atoms with Gasteiger partial charge in [0.2, 0.25) is 11.8 Å². The van der Waals surface area contributed by atoms with E-state index in [2.05, 4.69) is 22.9 Å². The first-order chi connectivity index (χ1) is 17.3. The number of hydrogen-bond acceptors (Lipinski definition) is 7. The molecule has 2 fully saturated rings. The largest absolute Gasteiger partial charge is 0.366 e. The minimum atomic E-state index is -0.478. The van der Waals surface area contributed by atoms with E-state index < -0.39 is 12.0 Å². The summed E-state index contributed by atoms with van der Waals surface area (Å²) in [7, 11) is 0. The van der Waals surface area contributed by atoms with Crippen molar-refractivity contribution in [3.05, 3.63) is 36.3 Å². The van der Waals surface area contributed by atoms with Crippen LogP contribution >= 0.6 is 0 Å². The molecule has 1 aromatic heterocycles. The van der Waals surface area contributed by atoms with E-state index in [1.807, 2.05) is 19.9 Å². The highest BCUT2D eigenvalue weighted by Crippen LogP contribution is 2.31. The monoisotopic (exact) mass is 490 g/mol. The number of likely N-dealkylation sites (tertiary alicyclic amines) is 2. The molecule has 0 aromatic carbocycles. The summed E-state index contributed by atoms with van der Waals surface area (Å²) in [6, 6.07) is 1.98. The topological polar surface area (TPSA) is 119 Å². The number of carbonyl (C=O) groups is 3. The van der Waals surface area contributed by atoms with Gasteiger partial charge < -0.3 is 15.1 Å². The van der Waals surface area contributed by atoms with E-state index in [4.69, 9.17) is 4.98 Å². The summed E-state index contributed by atoms with van der Waals surface area (Å²) in [4.78, 5) is 51.1. The Morgan fingerprint density at radius 3 is 2.67 bits per heavy atom. The van der Waals surface area contributed by atoms with Crippen molar-refractivity contribution >= 4 is 29.0 Å². The lowest BCUT2D eigenvalue weighted by atomic mass is 9.87. The first-order valence-corrected chi connectivity index (χ1v) is 12.8. The minimum Gasteiger partial charge on any atom is -0.366 e. The summed E-state index contributed by atoms with van der Waals surface area (Å²) in [5.74, 6) is -0.173. The molecular weight excluding hydrogens is 456 g/mol. The lowest BCUT2D eigenvalue weighted by molar-refractivity contribution is -0.138. The van der Waals surface area contributed by atoms with Crippen molar-refractivity contribution in [1.82, 2.24) is 19.8 Å². The Balaban J connectivity index is 1.42. The standard InChI is InChI=1S/C27H34N6O3/c1-4-25(35)32-12-9-18(10-13-32)30-24-16-29-22-8-7-20(26(22)31-24)23(34)14-21(17(2)3)27(36)33-11-5-6-19(33)15-28/h4,7,16-19,21H,1,5-6,8-14H2,2-3H3,(H,30,31)/t19-,21?/m0/s1. The molecule has 2 amide bonds. The average Bonchev–Trinajstić information content (AvgIpc) is 3.53. The SMILES string of the molecule is C=CC(=O)N1CCC(Nc2cnc3c(n2)C(C(=O)CC(C(=O)N2CCC[C@H]2C#N)C(C)C)=CC3)CC1. The van der Waals surface area contributed by atoms with Gasteiger partial charge in [-0.2, -0.15) is 5.26 Å². The van der Waals surface area contributed by atoms with Crippen LogP contribution in [0.4, 0.5) is 5.82 Å². The molecule has 0 spiro atoms. The molecule has 2 aliphatic heterocycles. The Kier molecular flexibility index (Phi) is 7.82. The third-order valence-corrected chi connectivity index (χ3v) is 7.45. The quantitative estimate of drug-likeness (QED) is 0.557. The van der Waals surface area contributed by atoms with Gasteiger partial charge in [-0.1, -0.05) is 26.5 Å². The number of nitrogens with one attached hydrogen (secondary N) is 1. The van der Waals surface area contributed by atoms with E-state index in [9.17, 15) is 19.6 Å². The minimum absolute atomic E-state index is 0.0270. The number of Topliss-reactive ketones (excluding diaryl/α,β-unsaturated/α-hetero) is 1. The molecule has 0 radical (unpaired) electrons. The fourth-order valence-electron chi connectivity index (χ4n) is 5.27. The molecular formula is C27H34N6O3. The fourth-order valence-corrected chi connectivity index (χ4v) is 5.27. The first-order valence-electron chi connectivity index (χ1n) is 12.8. The Hall–Kier alpha value is -3.54. The molecule has 9 heteroatoms. The van der Waals surface area contributed by atoms with Crippen molar-refractivity contribution in [2.24, 2.45) is 11.8 Å². The average molecular weight is 491 g/mol.